The molecule has 0 bridgehead atoms. The molecule has 0 aliphatic heterocycles. The Balaban J connectivity index is 2.15. The van der Waals surface area contributed by atoms with Crippen molar-refractivity contribution in [1.29, 1.82) is 0 Å². The van der Waals surface area contributed by atoms with Crippen molar-refractivity contribution in [3.05, 3.63) is 64.7 Å². The monoisotopic (exact) mass is 245 g/mol. The van der Waals surface area contributed by atoms with Gasteiger partial charge >= 0.3 is 0 Å². The summed E-state index contributed by atoms with van der Waals surface area (Å²) in [6.07, 6.45) is 0.910. The maximum absolute atomic E-state index is 12.7. The smallest absolute Gasteiger partial charge is 0.141 e. The van der Waals surface area contributed by atoms with Crippen LogP contribution in [0.4, 0.5) is 4.39 Å². The van der Waals surface area contributed by atoms with E-state index in [1.54, 1.807) is 0 Å². The van der Waals surface area contributed by atoms with Crippen LogP contribution in [0.1, 0.15) is 28.5 Å². The number of hydrogen-bond donors (Lipinski definition) is 1. The Morgan fingerprint density at radius 3 is 2.39 bits per heavy atom. The van der Waals surface area contributed by atoms with Crippen molar-refractivity contribution in [3.8, 4) is 0 Å². The zero-order valence-electron chi connectivity index (χ0n) is 10.5. The summed E-state index contributed by atoms with van der Waals surface area (Å²) in [5.41, 5.74) is 3.90. The molecule has 1 atom stereocenters. The van der Waals surface area contributed by atoms with Crippen LogP contribution in [-0.2, 0) is 6.42 Å². The highest BCUT2D eigenvalue weighted by Gasteiger charge is 2.10. The number of benzene rings is 1. The third-order valence-electron chi connectivity index (χ3n) is 2.80. The van der Waals surface area contributed by atoms with Gasteiger partial charge in [0.2, 0.25) is 0 Å². The molecule has 0 fully saturated rings. The van der Waals surface area contributed by atoms with E-state index in [1.807, 2.05) is 26.0 Å². The largest absolute Gasteiger partial charge is 0.386 e. The summed E-state index contributed by atoms with van der Waals surface area (Å²) in [6.45, 7) is 4.05. The molecule has 0 saturated carbocycles. The summed E-state index contributed by atoms with van der Waals surface area (Å²) in [6, 6.07) is 9.00. The minimum atomic E-state index is -0.702. The molecule has 1 aromatic carbocycles. The Morgan fingerprint density at radius 2 is 1.83 bits per heavy atom. The van der Waals surface area contributed by atoms with E-state index in [9.17, 15) is 9.50 Å². The number of aliphatic hydroxyl groups is 1. The van der Waals surface area contributed by atoms with Crippen LogP contribution in [0.25, 0.3) is 0 Å². The number of hydrogen-bond acceptors (Lipinski definition) is 2. The van der Waals surface area contributed by atoms with Gasteiger partial charge in [-0.1, -0.05) is 29.3 Å². The number of pyridine rings is 1. The van der Waals surface area contributed by atoms with Gasteiger partial charge in [-0.2, -0.15) is 0 Å². The first-order valence-corrected chi connectivity index (χ1v) is 5.91. The Hall–Kier alpha value is -1.74. The second kappa shape index (κ2) is 5.27. The maximum Gasteiger partial charge on any atom is 0.141 e. The fourth-order valence-corrected chi connectivity index (χ4v) is 2.10. The molecule has 0 amide bonds. The van der Waals surface area contributed by atoms with Crippen molar-refractivity contribution in [2.75, 3.05) is 0 Å². The van der Waals surface area contributed by atoms with Gasteiger partial charge in [0.05, 0.1) is 18.0 Å². The van der Waals surface area contributed by atoms with Gasteiger partial charge in [-0.05, 0) is 31.5 Å². The topological polar surface area (TPSA) is 33.1 Å². The summed E-state index contributed by atoms with van der Waals surface area (Å²) in [7, 11) is 0. The van der Waals surface area contributed by atoms with Gasteiger partial charge in [0.25, 0.3) is 0 Å². The second-order valence-electron chi connectivity index (χ2n) is 4.62. The lowest BCUT2D eigenvalue weighted by atomic mass is 10.0. The molecule has 1 N–H and O–H groups in total. The van der Waals surface area contributed by atoms with Gasteiger partial charge in [-0.15, -0.1) is 0 Å². The van der Waals surface area contributed by atoms with E-state index in [2.05, 4.69) is 11.1 Å². The van der Waals surface area contributed by atoms with Crippen LogP contribution in [0.15, 0.2) is 36.5 Å². The zero-order chi connectivity index (χ0) is 13.1. The van der Waals surface area contributed by atoms with Gasteiger partial charge in [-0.25, -0.2) is 4.39 Å². The first kappa shape index (κ1) is 12.7. The third-order valence-corrected chi connectivity index (χ3v) is 2.80. The van der Waals surface area contributed by atoms with E-state index in [0.29, 0.717) is 12.1 Å². The lowest BCUT2D eigenvalue weighted by Crippen LogP contribution is -2.04. The Labute approximate surface area is 106 Å². The average Bonchev–Trinajstić information content (AvgIpc) is 2.28. The zero-order valence-corrected chi connectivity index (χ0v) is 10.5. The van der Waals surface area contributed by atoms with Crippen LogP contribution in [0.3, 0.4) is 0 Å². The molecular formula is C15H16FNO. The predicted molar refractivity (Wildman–Crippen MR) is 68.8 cm³/mol. The molecule has 3 heteroatoms. The molecule has 94 valence electrons. The summed E-state index contributed by atoms with van der Waals surface area (Å²) < 4.78 is 12.7. The number of nitrogens with zero attached hydrogens (tertiary/aromatic N) is 1. The van der Waals surface area contributed by atoms with Gasteiger partial charge in [-0.3, -0.25) is 4.98 Å². The highest BCUT2D eigenvalue weighted by atomic mass is 19.1. The highest BCUT2D eigenvalue weighted by molar-refractivity contribution is 5.29. The lowest BCUT2D eigenvalue weighted by molar-refractivity contribution is 0.173. The number of aromatic nitrogens is 1. The van der Waals surface area contributed by atoms with Crippen LogP contribution in [0, 0.1) is 19.7 Å². The summed E-state index contributed by atoms with van der Waals surface area (Å²) in [5.74, 6) is -0.391. The summed E-state index contributed by atoms with van der Waals surface area (Å²) in [4.78, 5) is 3.89. The van der Waals surface area contributed by atoms with Gasteiger partial charge < -0.3 is 5.11 Å². The molecule has 2 nitrogen and oxygen atoms in total. The molecule has 1 unspecified atom stereocenters. The van der Waals surface area contributed by atoms with E-state index in [0.717, 1.165) is 11.8 Å². The van der Waals surface area contributed by atoms with Crippen molar-refractivity contribution in [2.24, 2.45) is 0 Å². The van der Waals surface area contributed by atoms with Crippen molar-refractivity contribution in [1.82, 2.24) is 4.98 Å². The normalized spacial score (nSPS) is 12.4. The van der Waals surface area contributed by atoms with Crippen molar-refractivity contribution in [3.63, 3.8) is 0 Å². The van der Waals surface area contributed by atoms with Crippen LogP contribution < -0.4 is 0 Å². The number of aryl methyl sites for hydroxylation is 2. The fourth-order valence-electron chi connectivity index (χ4n) is 2.10. The van der Waals surface area contributed by atoms with Gasteiger partial charge in [0.1, 0.15) is 5.82 Å². The van der Waals surface area contributed by atoms with Gasteiger partial charge in [0, 0.05) is 6.42 Å². The fraction of sp³-hybridized carbons (Fsp3) is 0.267. The minimum absolute atomic E-state index is 0.391. The molecule has 1 heterocycles. The third kappa shape index (κ3) is 3.14. The van der Waals surface area contributed by atoms with Crippen LogP contribution in [0.2, 0.25) is 0 Å². The van der Waals surface area contributed by atoms with Crippen LogP contribution in [-0.4, -0.2) is 10.1 Å². The molecule has 0 saturated heterocycles. The molecule has 2 rings (SSSR count). The summed E-state index contributed by atoms with van der Waals surface area (Å²) >= 11 is 0. The lowest BCUT2D eigenvalue weighted by Gasteiger charge is -2.11. The number of aliphatic hydroxyl groups excluding tert-OH is 1. The molecule has 1 aromatic heterocycles. The molecule has 0 spiro atoms. The number of halogens is 1. The SMILES string of the molecule is Cc1cc(C)cc(CC(O)c2ccc(F)cn2)c1. The van der Waals surface area contributed by atoms with E-state index in [4.69, 9.17) is 0 Å². The number of rotatable bonds is 3. The van der Waals surface area contributed by atoms with Crippen LogP contribution >= 0.6 is 0 Å². The van der Waals surface area contributed by atoms with E-state index in [-0.39, 0.29) is 0 Å². The summed E-state index contributed by atoms with van der Waals surface area (Å²) in [5, 5.41) is 10.1. The van der Waals surface area contributed by atoms with E-state index < -0.39 is 11.9 Å². The first-order valence-electron chi connectivity index (χ1n) is 5.91. The molecule has 2 aromatic rings. The van der Waals surface area contributed by atoms with Crippen molar-refractivity contribution in [2.45, 2.75) is 26.4 Å². The minimum Gasteiger partial charge on any atom is -0.386 e. The highest BCUT2D eigenvalue weighted by Crippen LogP contribution is 2.18. The first-order chi connectivity index (χ1) is 8.54. The van der Waals surface area contributed by atoms with Crippen molar-refractivity contribution < 1.29 is 9.50 Å². The maximum atomic E-state index is 12.7. The van der Waals surface area contributed by atoms with E-state index >= 15 is 0 Å². The standard InChI is InChI=1S/C15H16FNO/c1-10-5-11(2)7-12(6-10)8-15(18)14-4-3-13(16)9-17-14/h3-7,9,15,18H,8H2,1-2H3. The Kier molecular flexibility index (Phi) is 3.72. The average molecular weight is 245 g/mol. The van der Waals surface area contributed by atoms with E-state index in [1.165, 1.54) is 23.3 Å². The Bertz CT molecular complexity index is 516. The molecule has 18 heavy (non-hydrogen) atoms. The molecule has 0 aliphatic rings. The van der Waals surface area contributed by atoms with Gasteiger partial charge in [0.15, 0.2) is 0 Å². The quantitative estimate of drug-likeness (QED) is 0.901. The molecule has 0 aliphatic carbocycles. The Morgan fingerprint density at radius 1 is 1.17 bits per heavy atom. The molecule has 0 radical (unpaired) electrons. The molecular weight excluding hydrogens is 229 g/mol. The van der Waals surface area contributed by atoms with Crippen LogP contribution in [0.5, 0.6) is 0 Å². The van der Waals surface area contributed by atoms with Crippen molar-refractivity contribution >= 4 is 0 Å². The second-order valence-corrected chi connectivity index (χ2v) is 4.62. The predicted octanol–water partition coefficient (Wildman–Crippen LogP) is 3.11.